The van der Waals surface area contributed by atoms with Crippen molar-refractivity contribution in [2.45, 2.75) is 48.0 Å². The quantitative estimate of drug-likeness (QED) is 0.201. The van der Waals surface area contributed by atoms with Crippen LogP contribution in [0.2, 0.25) is 0 Å². The molecule has 0 atom stereocenters. The van der Waals surface area contributed by atoms with Gasteiger partial charge in [0.05, 0.1) is 0 Å². The van der Waals surface area contributed by atoms with Crippen molar-refractivity contribution in [3.05, 3.63) is 110 Å². The van der Waals surface area contributed by atoms with Gasteiger partial charge in [0.15, 0.2) is 11.5 Å². The van der Waals surface area contributed by atoms with Gasteiger partial charge in [-0.3, -0.25) is 0 Å². The molecule has 0 bridgehead atoms. The molecule has 0 saturated heterocycles. The summed E-state index contributed by atoms with van der Waals surface area (Å²) in [5, 5.41) is 0. The number of ether oxygens (including phenoxy) is 2. The van der Waals surface area contributed by atoms with Crippen LogP contribution in [-0.4, -0.2) is 26.0 Å². The fourth-order valence-electron chi connectivity index (χ4n) is 2.24. The third-order valence-corrected chi connectivity index (χ3v) is 3.58. The van der Waals surface area contributed by atoms with Crippen LogP contribution in [0.3, 0.4) is 0 Å². The summed E-state index contributed by atoms with van der Waals surface area (Å²) in [6.07, 6.45) is 3.69. The Morgan fingerprint density at radius 3 is 1.54 bits per heavy atom. The van der Waals surface area contributed by atoms with Gasteiger partial charge in [-0.05, 0) is 12.1 Å². The molecule has 0 aliphatic carbocycles. The molecule has 0 saturated carbocycles. The predicted octanol–water partition coefficient (Wildman–Crippen LogP) is 8.21. The Kier molecular flexibility index (Phi) is 48.8. The van der Waals surface area contributed by atoms with Gasteiger partial charge < -0.3 is 28.3 Å². The number of rotatable bonds is 3. The summed E-state index contributed by atoms with van der Waals surface area (Å²) in [5.74, 6) is 1.71. The molecule has 1 heterocycles. The second-order valence-corrected chi connectivity index (χ2v) is 5.64. The summed E-state index contributed by atoms with van der Waals surface area (Å²) in [6, 6.07) is 28.4. The first kappa shape index (κ1) is 47.1. The summed E-state index contributed by atoms with van der Waals surface area (Å²) < 4.78 is 10.6. The maximum atomic E-state index is 5.30. The van der Waals surface area contributed by atoms with Crippen molar-refractivity contribution < 1.29 is 108 Å². The zero-order chi connectivity index (χ0) is 25.9. The second kappa shape index (κ2) is 38.4. The molecule has 0 fully saturated rings. The van der Waals surface area contributed by atoms with Gasteiger partial charge in [0.1, 0.15) is 13.2 Å². The molecule has 0 unspecified atom stereocenters. The van der Waals surface area contributed by atoms with Crippen LogP contribution in [-0.2, 0) is 105 Å². The fourth-order valence-corrected chi connectivity index (χ4v) is 2.24. The first-order chi connectivity index (χ1) is 16.8. The largest absolute Gasteiger partial charge is 0.486 e. The standard InChI is InChI=1S/C9H9N.C8H8O2.C8H8.3C2H6.3Y/c1-2-10-8-9-6-4-3-5-7-9;1-2-4-8-7(3-1)9-5-6-10-8;1-2-8-6-4-3-5-7-8;3*1-2;;;/h3-7H,1-2H2;1-4H,5-6H2;3-6H,1-2H2;3*1-2H3;;;/q-2;;-2;;;;;;. The van der Waals surface area contributed by atoms with Gasteiger partial charge in [-0.25, -0.2) is 0 Å². The van der Waals surface area contributed by atoms with Gasteiger partial charge in [0.25, 0.3) is 0 Å². The van der Waals surface area contributed by atoms with Gasteiger partial charge >= 0.3 is 0 Å². The molecule has 37 heavy (non-hydrogen) atoms. The minimum atomic E-state index is 0. The maximum absolute atomic E-state index is 5.30. The van der Waals surface area contributed by atoms with E-state index in [1.165, 1.54) is 5.56 Å². The average Bonchev–Trinajstić information content (AvgIpc) is 2.97. The number of aliphatic imine (C=N–C) groups is 1. The molecular formula is C31H43NO2Y3-4. The smallest absolute Gasteiger partial charge is 0.161 e. The van der Waals surface area contributed by atoms with Gasteiger partial charge in [0, 0.05) is 98.1 Å². The molecule has 0 N–H and O–H groups in total. The summed E-state index contributed by atoms with van der Waals surface area (Å²) in [5.41, 5.74) is 2.18. The van der Waals surface area contributed by atoms with E-state index in [1.807, 2.05) is 120 Å². The van der Waals surface area contributed by atoms with E-state index in [2.05, 4.69) is 31.1 Å². The summed E-state index contributed by atoms with van der Waals surface area (Å²) in [4.78, 5) is 3.88. The number of benzene rings is 3. The molecule has 3 aromatic rings. The summed E-state index contributed by atoms with van der Waals surface area (Å²) >= 11 is 0. The van der Waals surface area contributed by atoms with Crippen LogP contribution in [0, 0.1) is 19.9 Å². The Morgan fingerprint density at radius 1 is 0.703 bits per heavy atom. The molecule has 4 rings (SSSR count). The van der Waals surface area contributed by atoms with Gasteiger partial charge in [-0.2, -0.15) is 60.0 Å². The van der Waals surface area contributed by atoms with E-state index in [4.69, 9.17) is 9.47 Å². The monoisotopic (exact) mass is 728 g/mol. The van der Waals surface area contributed by atoms with Crippen molar-refractivity contribution in [3.8, 4) is 11.5 Å². The Balaban J connectivity index is -0.000000122. The Labute approximate surface area is 304 Å². The third-order valence-electron chi connectivity index (χ3n) is 3.58. The predicted molar refractivity (Wildman–Crippen MR) is 149 cm³/mol. The zero-order valence-corrected chi connectivity index (χ0v) is 32.3. The minimum absolute atomic E-state index is 0. The van der Waals surface area contributed by atoms with Crippen LogP contribution in [0.15, 0.2) is 83.9 Å². The molecule has 0 amide bonds. The third kappa shape index (κ3) is 26.2. The van der Waals surface area contributed by atoms with Crippen LogP contribution in [0.25, 0.3) is 0 Å². The van der Waals surface area contributed by atoms with E-state index < -0.39 is 0 Å². The number of fused-ring (bicyclic) bond motifs is 1. The van der Waals surface area contributed by atoms with Gasteiger partial charge in [-0.15, -0.1) is 18.7 Å². The molecule has 3 nitrogen and oxygen atoms in total. The van der Waals surface area contributed by atoms with Crippen molar-refractivity contribution in [2.75, 3.05) is 19.8 Å². The first-order valence-corrected chi connectivity index (χ1v) is 12.2. The molecule has 197 valence electrons. The average molecular weight is 728 g/mol. The zero-order valence-electron chi connectivity index (χ0n) is 23.7. The summed E-state index contributed by atoms with van der Waals surface area (Å²) in [7, 11) is 0. The Bertz CT molecular complexity index is 792. The summed E-state index contributed by atoms with van der Waals surface area (Å²) in [6.45, 7) is 21.2. The molecule has 1 aliphatic heterocycles. The minimum Gasteiger partial charge on any atom is -0.486 e. The molecule has 3 radical (unpaired) electrons. The molecular weight excluding hydrogens is 685 g/mol. The van der Waals surface area contributed by atoms with E-state index in [1.54, 1.807) is 0 Å². The van der Waals surface area contributed by atoms with Crippen molar-refractivity contribution in [1.82, 2.24) is 0 Å². The van der Waals surface area contributed by atoms with Crippen LogP contribution < -0.4 is 9.47 Å². The van der Waals surface area contributed by atoms with Crippen molar-refractivity contribution in [2.24, 2.45) is 4.99 Å². The molecule has 0 spiro atoms. The molecule has 6 heteroatoms. The van der Waals surface area contributed by atoms with E-state index in [0.717, 1.165) is 23.5 Å². The van der Waals surface area contributed by atoms with E-state index in [9.17, 15) is 0 Å². The van der Waals surface area contributed by atoms with E-state index >= 15 is 0 Å². The Morgan fingerprint density at radius 2 is 1.16 bits per heavy atom. The normalized spacial score (nSPS) is 9.30. The molecule has 1 aliphatic rings. The van der Waals surface area contributed by atoms with E-state index in [0.29, 0.717) is 19.8 Å². The van der Waals surface area contributed by atoms with Crippen molar-refractivity contribution in [3.63, 3.8) is 0 Å². The van der Waals surface area contributed by atoms with Crippen LogP contribution >= 0.6 is 0 Å². The molecule has 3 aromatic carbocycles. The van der Waals surface area contributed by atoms with E-state index in [-0.39, 0.29) is 98.1 Å². The van der Waals surface area contributed by atoms with Gasteiger partial charge in [0.2, 0.25) is 0 Å². The number of hydrogen-bond acceptors (Lipinski definition) is 3. The fraction of sp³-hybridized carbons (Fsp3) is 0.323. The number of para-hydroxylation sites is 2. The first-order valence-electron chi connectivity index (χ1n) is 12.2. The molecule has 0 aromatic heterocycles. The van der Waals surface area contributed by atoms with Crippen LogP contribution in [0.5, 0.6) is 11.5 Å². The van der Waals surface area contributed by atoms with Crippen molar-refractivity contribution >= 4 is 6.21 Å². The Hall–Kier alpha value is 0.242. The topological polar surface area (TPSA) is 30.8 Å². The van der Waals surface area contributed by atoms with Crippen LogP contribution in [0.1, 0.15) is 52.7 Å². The maximum Gasteiger partial charge on any atom is 0.161 e. The SMILES string of the molecule is CC.CC.CC.[CH2-]CN=[C-]c1ccccc1.[CH2-]Cc1[c-]cccc1.[Y].[Y].[Y].c1ccc2c(c1)OCCO2. The second-order valence-electron chi connectivity index (χ2n) is 5.64. The van der Waals surface area contributed by atoms with Gasteiger partial charge in [-0.1, -0.05) is 66.0 Å². The van der Waals surface area contributed by atoms with Crippen molar-refractivity contribution in [1.29, 1.82) is 0 Å². The number of nitrogens with zero attached hydrogens (tertiary/aromatic N) is 1. The number of hydrogen-bond donors (Lipinski definition) is 0. The van der Waals surface area contributed by atoms with Crippen LogP contribution in [0.4, 0.5) is 0 Å².